The molecule has 166 valence electrons. The Bertz CT molecular complexity index is 1150. The third-order valence-corrected chi connectivity index (χ3v) is 4.77. The molecular weight excluding hydrogens is 570 g/mol. The fourth-order valence-corrected chi connectivity index (χ4v) is 3.20. The molecule has 0 aliphatic rings. The standard InChI is InChI=1S/C18H15FN3.C6H16N2.Ir/c1-18(2,3)17-21-14-10-11(19)8-9-12(14)16-20-13-6-4-5-7-15(13)22(16)17;1-7(2)5-6-8(3)4;/h4-8,10H,1-3H3;5-6H2,1-4H3;/q-1;;+3. The van der Waals surface area contributed by atoms with Gasteiger partial charge in [-0.05, 0) is 45.8 Å². The number of likely N-dealkylation sites (N-methyl/N-ethyl adjacent to an activating group) is 2. The third-order valence-electron chi connectivity index (χ3n) is 4.77. The van der Waals surface area contributed by atoms with Gasteiger partial charge in [0.05, 0.1) is 16.7 Å². The number of imidazole rings is 1. The van der Waals surface area contributed by atoms with Crippen LogP contribution in [-0.2, 0) is 25.5 Å². The van der Waals surface area contributed by atoms with Gasteiger partial charge >= 0.3 is 20.1 Å². The molecule has 2 aromatic carbocycles. The van der Waals surface area contributed by atoms with Crippen LogP contribution in [-0.4, -0.2) is 65.4 Å². The Hall–Kier alpha value is -1.92. The van der Waals surface area contributed by atoms with Gasteiger partial charge in [-0.2, -0.15) is 0 Å². The van der Waals surface area contributed by atoms with Crippen LogP contribution in [0.15, 0.2) is 36.4 Å². The molecule has 7 heteroatoms. The first-order valence-corrected chi connectivity index (χ1v) is 10.2. The van der Waals surface area contributed by atoms with Crippen LogP contribution >= 0.6 is 0 Å². The van der Waals surface area contributed by atoms with Crippen LogP contribution in [0, 0.1) is 11.9 Å². The summed E-state index contributed by atoms with van der Waals surface area (Å²) in [5, 5.41) is 0.741. The van der Waals surface area contributed by atoms with Gasteiger partial charge in [-0.3, -0.25) is 14.4 Å². The van der Waals surface area contributed by atoms with Gasteiger partial charge in [0.15, 0.2) is 0 Å². The van der Waals surface area contributed by atoms with E-state index in [4.69, 9.17) is 9.97 Å². The minimum absolute atomic E-state index is 0. The Morgan fingerprint density at radius 1 is 0.968 bits per heavy atom. The molecule has 0 saturated heterocycles. The molecule has 5 nitrogen and oxygen atoms in total. The molecule has 0 bridgehead atoms. The zero-order valence-corrected chi connectivity index (χ0v) is 21.7. The van der Waals surface area contributed by atoms with Gasteiger partial charge in [0.25, 0.3) is 0 Å². The van der Waals surface area contributed by atoms with Gasteiger partial charge < -0.3 is 14.2 Å². The maximum Gasteiger partial charge on any atom is 3.00 e. The Kier molecular flexibility index (Phi) is 8.28. The third kappa shape index (κ3) is 5.86. The van der Waals surface area contributed by atoms with Crippen molar-refractivity contribution >= 4 is 27.6 Å². The molecule has 4 aromatic rings. The fourth-order valence-electron chi connectivity index (χ4n) is 3.20. The molecule has 0 fully saturated rings. The molecule has 0 N–H and O–H groups in total. The Morgan fingerprint density at radius 2 is 1.58 bits per heavy atom. The second kappa shape index (κ2) is 10.1. The van der Waals surface area contributed by atoms with Gasteiger partial charge in [-0.1, -0.05) is 44.4 Å². The number of para-hydroxylation sites is 2. The predicted molar refractivity (Wildman–Crippen MR) is 123 cm³/mol. The number of aromatic nitrogens is 3. The Morgan fingerprint density at radius 3 is 2.16 bits per heavy atom. The topological polar surface area (TPSA) is 36.7 Å². The summed E-state index contributed by atoms with van der Waals surface area (Å²) in [5.41, 5.74) is 3.08. The smallest absolute Gasteiger partial charge is 0.321 e. The van der Waals surface area contributed by atoms with Crippen LogP contribution < -0.4 is 0 Å². The van der Waals surface area contributed by atoms with Gasteiger partial charge in [0.1, 0.15) is 5.82 Å². The summed E-state index contributed by atoms with van der Waals surface area (Å²) < 4.78 is 15.6. The molecule has 0 radical (unpaired) electrons. The van der Waals surface area contributed by atoms with Crippen molar-refractivity contribution in [3.05, 3.63) is 54.1 Å². The number of halogens is 1. The van der Waals surface area contributed by atoms with E-state index in [0.29, 0.717) is 5.52 Å². The van der Waals surface area contributed by atoms with Crippen molar-refractivity contribution in [1.82, 2.24) is 24.2 Å². The monoisotopic (exact) mass is 601 g/mol. The molecular formula is C24H31FIrN5+2. The Balaban J connectivity index is 0.000000329. The molecule has 4 rings (SSSR count). The minimum atomic E-state index is -0.333. The minimum Gasteiger partial charge on any atom is -0.321 e. The first kappa shape index (κ1) is 25.3. The van der Waals surface area contributed by atoms with E-state index in [1.807, 2.05) is 24.3 Å². The molecule has 2 aromatic heterocycles. The average molecular weight is 601 g/mol. The zero-order chi connectivity index (χ0) is 22.1. The normalized spacial score (nSPS) is 11.8. The molecule has 31 heavy (non-hydrogen) atoms. The largest absolute Gasteiger partial charge is 3.00 e. The van der Waals surface area contributed by atoms with Gasteiger partial charge in [-0.25, -0.2) is 0 Å². The van der Waals surface area contributed by atoms with Crippen LogP contribution in [0.4, 0.5) is 4.39 Å². The van der Waals surface area contributed by atoms with Crippen LogP contribution in [0.3, 0.4) is 0 Å². The first-order chi connectivity index (χ1) is 14.1. The van der Waals surface area contributed by atoms with Crippen LogP contribution in [0.25, 0.3) is 27.6 Å². The quantitative estimate of drug-likeness (QED) is 0.327. The summed E-state index contributed by atoms with van der Waals surface area (Å²) in [7, 11) is 8.35. The molecule has 0 atom stereocenters. The zero-order valence-electron chi connectivity index (χ0n) is 19.3. The van der Waals surface area contributed by atoms with Gasteiger partial charge in [0.2, 0.25) is 0 Å². The van der Waals surface area contributed by atoms with Gasteiger partial charge in [0, 0.05) is 24.3 Å². The first-order valence-electron chi connectivity index (χ1n) is 10.2. The van der Waals surface area contributed by atoms with Crippen molar-refractivity contribution in [2.24, 2.45) is 0 Å². The Labute approximate surface area is 197 Å². The van der Waals surface area contributed by atoms with E-state index in [-0.39, 0.29) is 31.3 Å². The molecule has 0 spiro atoms. The predicted octanol–water partition coefficient (Wildman–Crippen LogP) is 4.38. The molecule has 0 aliphatic heterocycles. The van der Waals surface area contributed by atoms with Crippen molar-refractivity contribution in [2.75, 3.05) is 41.3 Å². The summed E-state index contributed by atoms with van der Waals surface area (Å²) in [5.74, 6) is 0.531. The molecule has 0 saturated carbocycles. The van der Waals surface area contributed by atoms with E-state index in [9.17, 15) is 4.39 Å². The second-order valence-corrected chi connectivity index (χ2v) is 9.13. The number of benzene rings is 2. The molecule has 2 heterocycles. The number of hydrogen-bond donors (Lipinski definition) is 0. The van der Waals surface area contributed by atoms with E-state index in [1.54, 1.807) is 0 Å². The fraction of sp³-hybridized carbons (Fsp3) is 0.417. The number of fused-ring (bicyclic) bond motifs is 5. The number of nitrogens with zero attached hydrogens (tertiary/aromatic N) is 5. The number of rotatable bonds is 3. The summed E-state index contributed by atoms with van der Waals surface area (Å²) in [6.07, 6.45) is 0. The van der Waals surface area contributed by atoms with Crippen molar-refractivity contribution in [3.63, 3.8) is 0 Å². The van der Waals surface area contributed by atoms with Crippen molar-refractivity contribution in [1.29, 1.82) is 0 Å². The molecule has 0 amide bonds. The maximum absolute atomic E-state index is 13.6. The SMILES string of the molecule is CC(C)(C)c1nc2cc(F)c[c-]c2c2nc3ccccc3n12.CN(C)CCN(C)C.[Ir+3]. The average Bonchev–Trinajstić information content (AvgIpc) is 3.04. The van der Waals surface area contributed by atoms with E-state index in [1.165, 1.54) is 12.1 Å². The van der Waals surface area contributed by atoms with Crippen LogP contribution in [0.2, 0.25) is 0 Å². The van der Waals surface area contributed by atoms with Gasteiger partial charge in [-0.15, -0.1) is 12.1 Å². The van der Waals surface area contributed by atoms with Crippen molar-refractivity contribution < 1.29 is 24.5 Å². The summed E-state index contributed by atoms with van der Waals surface area (Å²) >= 11 is 0. The number of hydrogen-bond acceptors (Lipinski definition) is 4. The van der Waals surface area contributed by atoms with Crippen molar-refractivity contribution in [3.8, 4) is 0 Å². The van der Waals surface area contributed by atoms with Crippen LogP contribution in [0.1, 0.15) is 26.6 Å². The van der Waals surface area contributed by atoms with E-state index in [2.05, 4.69) is 69.2 Å². The summed E-state index contributed by atoms with van der Waals surface area (Å²) in [6, 6.07) is 13.7. The van der Waals surface area contributed by atoms with E-state index < -0.39 is 0 Å². The summed E-state index contributed by atoms with van der Waals surface area (Å²) in [4.78, 5) is 13.8. The molecule has 0 aliphatic carbocycles. The van der Waals surface area contributed by atoms with E-state index >= 15 is 0 Å². The summed E-state index contributed by atoms with van der Waals surface area (Å²) in [6.45, 7) is 8.58. The van der Waals surface area contributed by atoms with Crippen LogP contribution in [0.5, 0.6) is 0 Å². The van der Waals surface area contributed by atoms with Crippen molar-refractivity contribution in [2.45, 2.75) is 26.2 Å². The maximum atomic E-state index is 13.6. The van der Waals surface area contributed by atoms with E-state index in [0.717, 1.165) is 41.0 Å². The second-order valence-electron chi connectivity index (χ2n) is 9.13. The molecule has 0 unspecified atom stereocenters.